The molecule has 0 saturated carbocycles. The molecule has 0 aromatic heterocycles. The first-order valence-electron chi connectivity index (χ1n) is 14.5. The molecule has 2 aromatic rings. The zero-order valence-electron chi connectivity index (χ0n) is 25.3. The van der Waals surface area contributed by atoms with Crippen LogP contribution in [0.1, 0.15) is 30.4 Å². The topological polar surface area (TPSA) is 184 Å². The molecule has 0 radical (unpaired) electrons. The Morgan fingerprint density at radius 2 is 1.27 bits per heavy atom. The summed E-state index contributed by atoms with van der Waals surface area (Å²) >= 11 is 0. The molecule has 2 heterocycles. The number of methoxy groups -OCH3 is 3. The zero-order chi connectivity index (χ0) is 32.7. The van der Waals surface area contributed by atoms with E-state index in [1.54, 1.807) is 32.4 Å². The van der Waals surface area contributed by atoms with Gasteiger partial charge in [0, 0.05) is 18.3 Å². The number of rotatable bonds is 15. The highest BCUT2D eigenvalue weighted by Gasteiger charge is 2.45. The van der Waals surface area contributed by atoms with Crippen molar-refractivity contribution in [3.63, 3.8) is 0 Å². The SMILES string of the molecule is COc1ccc(C[C@H]2COC(=O)[C@@H]2Cc2ccc(O[C@@H]3OC[C@H](CC(=O)O)[C@H](CC(=O)O)[C@H]3CC(=O)O)c(OC)c2)cc1OC. The number of esters is 1. The van der Waals surface area contributed by atoms with Gasteiger partial charge in [0.25, 0.3) is 0 Å². The van der Waals surface area contributed by atoms with E-state index in [2.05, 4.69) is 0 Å². The van der Waals surface area contributed by atoms with Crippen LogP contribution in [0.5, 0.6) is 23.0 Å². The van der Waals surface area contributed by atoms with Gasteiger partial charge in [0.2, 0.25) is 6.29 Å². The summed E-state index contributed by atoms with van der Waals surface area (Å²) in [6.45, 7) is 0.164. The van der Waals surface area contributed by atoms with E-state index < -0.39 is 60.7 Å². The molecule has 2 fully saturated rings. The van der Waals surface area contributed by atoms with Crippen LogP contribution in [0.3, 0.4) is 0 Å². The Labute approximate surface area is 259 Å². The molecule has 2 aliphatic heterocycles. The van der Waals surface area contributed by atoms with Crippen molar-refractivity contribution in [3.8, 4) is 23.0 Å². The number of carbonyl (C=O) groups is 4. The molecule has 0 spiro atoms. The highest BCUT2D eigenvalue weighted by molar-refractivity contribution is 5.75. The summed E-state index contributed by atoms with van der Waals surface area (Å²) in [5, 5.41) is 28.4. The molecule has 13 heteroatoms. The smallest absolute Gasteiger partial charge is 0.309 e. The van der Waals surface area contributed by atoms with Crippen molar-refractivity contribution in [2.75, 3.05) is 34.5 Å². The molecule has 0 aliphatic carbocycles. The molecule has 45 heavy (non-hydrogen) atoms. The minimum atomic E-state index is -1.20. The molecule has 2 saturated heterocycles. The van der Waals surface area contributed by atoms with Gasteiger partial charge in [-0.05, 0) is 60.1 Å². The van der Waals surface area contributed by atoms with Crippen LogP contribution >= 0.6 is 0 Å². The number of hydrogen-bond donors (Lipinski definition) is 3. The van der Waals surface area contributed by atoms with Crippen LogP contribution in [0, 0.1) is 29.6 Å². The number of carboxylic acids is 3. The summed E-state index contributed by atoms with van der Waals surface area (Å²) in [5.74, 6) is -5.04. The van der Waals surface area contributed by atoms with Crippen molar-refractivity contribution >= 4 is 23.9 Å². The largest absolute Gasteiger partial charge is 0.493 e. The van der Waals surface area contributed by atoms with Gasteiger partial charge in [-0.2, -0.15) is 0 Å². The van der Waals surface area contributed by atoms with E-state index >= 15 is 0 Å². The second-order valence-electron chi connectivity index (χ2n) is 11.3. The number of carboxylic acid groups (broad SMARTS) is 3. The van der Waals surface area contributed by atoms with Gasteiger partial charge in [-0.15, -0.1) is 0 Å². The van der Waals surface area contributed by atoms with Crippen LogP contribution in [0.4, 0.5) is 0 Å². The summed E-state index contributed by atoms with van der Waals surface area (Å²) < 4.78 is 33.6. The fraction of sp³-hybridized carbons (Fsp3) is 0.500. The third kappa shape index (κ3) is 8.35. The average Bonchev–Trinajstić information content (AvgIpc) is 3.33. The Bertz CT molecular complexity index is 1390. The average molecular weight is 631 g/mol. The van der Waals surface area contributed by atoms with E-state index in [4.69, 9.17) is 28.4 Å². The van der Waals surface area contributed by atoms with Crippen molar-refractivity contribution in [3.05, 3.63) is 47.5 Å². The predicted molar refractivity (Wildman–Crippen MR) is 155 cm³/mol. The summed E-state index contributed by atoms with van der Waals surface area (Å²) in [7, 11) is 4.55. The second kappa shape index (κ2) is 15.0. The number of ether oxygens (including phenoxy) is 6. The molecule has 4 rings (SSSR count). The van der Waals surface area contributed by atoms with Gasteiger partial charge >= 0.3 is 23.9 Å². The summed E-state index contributed by atoms with van der Waals surface area (Å²) in [6.07, 6.45) is -1.49. The van der Waals surface area contributed by atoms with Gasteiger partial charge in [0.15, 0.2) is 23.0 Å². The molecule has 3 N–H and O–H groups in total. The molecule has 0 amide bonds. The molecular weight excluding hydrogens is 592 g/mol. The maximum absolute atomic E-state index is 12.7. The van der Waals surface area contributed by atoms with Crippen LogP contribution in [0.15, 0.2) is 36.4 Å². The fourth-order valence-electron chi connectivity index (χ4n) is 6.22. The maximum atomic E-state index is 12.7. The van der Waals surface area contributed by atoms with Crippen LogP contribution in [0.2, 0.25) is 0 Å². The quantitative estimate of drug-likeness (QED) is 0.244. The summed E-state index contributed by atoms with van der Waals surface area (Å²) in [4.78, 5) is 47.5. The van der Waals surface area contributed by atoms with Gasteiger partial charge in [0.05, 0.1) is 53.3 Å². The number of cyclic esters (lactones) is 1. The monoisotopic (exact) mass is 630 g/mol. The Morgan fingerprint density at radius 1 is 0.711 bits per heavy atom. The third-order valence-electron chi connectivity index (χ3n) is 8.42. The van der Waals surface area contributed by atoms with Gasteiger partial charge < -0.3 is 43.7 Å². The maximum Gasteiger partial charge on any atom is 0.309 e. The molecule has 2 aromatic carbocycles. The molecule has 0 unspecified atom stereocenters. The van der Waals surface area contributed by atoms with E-state index in [0.29, 0.717) is 30.1 Å². The van der Waals surface area contributed by atoms with E-state index in [1.165, 1.54) is 7.11 Å². The first-order valence-corrected chi connectivity index (χ1v) is 14.5. The lowest BCUT2D eigenvalue weighted by atomic mass is 9.74. The van der Waals surface area contributed by atoms with Crippen LogP contribution in [-0.2, 0) is 41.5 Å². The lowest BCUT2D eigenvalue weighted by Gasteiger charge is -2.41. The molecule has 2 aliphatic rings. The van der Waals surface area contributed by atoms with Gasteiger partial charge in [0.1, 0.15) is 0 Å². The van der Waals surface area contributed by atoms with E-state index in [1.807, 2.05) is 18.2 Å². The number of hydrogen-bond acceptors (Lipinski definition) is 10. The van der Waals surface area contributed by atoms with Crippen LogP contribution in [0.25, 0.3) is 0 Å². The highest BCUT2D eigenvalue weighted by atomic mass is 16.7. The number of carbonyl (C=O) groups excluding carboxylic acids is 1. The Balaban J connectivity index is 1.51. The Kier molecular flexibility index (Phi) is 11.1. The zero-order valence-corrected chi connectivity index (χ0v) is 25.3. The Morgan fingerprint density at radius 3 is 1.87 bits per heavy atom. The standard InChI is InChI=1S/C32H38O13/c1-40-24-6-4-17(10-26(24)41-2)8-19-15-43-31(39)22(19)9-18-5-7-25(27(11-18)42-3)45-32-23(14-30(37)38)21(13-29(35)36)20(16-44-32)12-28(33)34/h4-7,10-11,19-23,32H,8-9,12-16H2,1-3H3,(H,33,34)(H,35,36)(H,37,38)/t19-,20-,21-,22+,23+,32-/m0/s1. The van der Waals surface area contributed by atoms with Crippen LogP contribution in [-0.4, -0.2) is 80.0 Å². The van der Waals surface area contributed by atoms with Crippen molar-refractivity contribution in [1.82, 2.24) is 0 Å². The van der Waals surface area contributed by atoms with Gasteiger partial charge in [-0.25, -0.2) is 0 Å². The summed E-state index contributed by atoms with van der Waals surface area (Å²) in [5.41, 5.74) is 1.75. The van der Waals surface area contributed by atoms with E-state index in [-0.39, 0.29) is 37.3 Å². The summed E-state index contributed by atoms with van der Waals surface area (Å²) in [6, 6.07) is 10.7. The van der Waals surface area contributed by atoms with Crippen molar-refractivity contribution < 1.29 is 62.9 Å². The lowest BCUT2D eigenvalue weighted by molar-refractivity contribution is -0.195. The van der Waals surface area contributed by atoms with Crippen LogP contribution < -0.4 is 18.9 Å². The molecule has 6 atom stereocenters. The Hall–Kier alpha value is -4.52. The van der Waals surface area contributed by atoms with Gasteiger partial charge in [-0.1, -0.05) is 12.1 Å². The first kappa shape index (κ1) is 33.4. The number of benzene rings is 2. The van der Waals surface area contributed by atoms with E-state index in [9.17, 15) is 34.5 Å². The molecule has 13 nitrogen and oxygen atoms in total. The molecule has 0 bridgehead atoms. The molecular formula is C32H38O13. The van der Waals surface area contributed by atoms with Gasteiger partial charge in [-0.3, -0.25) is 19.2 Å². The normalized spacial score (nSPS) is 24.4. The third-order valence-corrected chi connectivity index (χ3v) is 8.42. The molecule has 244 valence electrons. The highest BCUT2D eigenvalue weighted by Crippen LogP contribution is 2.41. The first-order chi connectivity index (χ1) is 21.5. The predicted octanol–water partition coefficient (Wildman–Crippen LogP) is 3.29. The minimum Gasteiger partial charge on any atom is -0.493 e. The number of aliphatic carboxylic acids is 3. The van der Waals surface area contributed by atoms with Crippen molar-refractivity contribution in [2.45, 2.75) is 38.4 Å². The van der Waals surface area contributed by atoms with Crippen molar-refractivity contribution in [2.24, 2.45) is 29.6 Å². The van der Waals surface area contributed by atoms with E-state index in [0.717, 1.165) is 11.1 Å². The fourth-order valence-corrected chi connectivity index (χ4v) is 6.22. The minimum absolute atomic E-state index is 0.0881. The van der Waals surface area contributed by atoms with Crippen molar-refractivity contribution in [1.29, 1.82) is 0 Å². The second-order valence-corrected chi connectivity index (χ2v) is 11.3. The lowest BCUT2D eigenvalue weighted by Crippen LogP contribution is -2.47.